The molecule has 1 aromatic heterocycles. The molecule has 4 fully saturated rings. The summed E-state index contributed by atoms with van der Waals surface area (Å²) in [6.45, 7) is 0. The fraction of sp³-hybridized carbons (Fsp3) is 0.667. The van der Waals surface area contributed by atoms with Crippen molar-refractivity contribution in [3.05, 3.63) is 33.1 Å². The molecule has 2 aliphatic heterocycles. The lowest BCUT2D eigenvalue weighted by Crippen LogP contribution is -2.55. The van der Waals surface area contributed by atoms with E-state index in [4.69, 9.17) is 0 Å². The van der Waals surface area contributed by atoms with Crippen LogP contribution in [0.3, 0.4) is 0 Å². The van der Waals surface area contributed by atoms with Crippen molar-refractivity contribution in [2.45, 2.75) is 18.5 Å². The highest BCUT2D eigenvalue weighted by molar-refractivity contribution is 6.02. The van der Waals surface area contributed by atoms with Crippen LogP contribution in [-0.2, 0) is 11.8 Å². The summed E-state index contributed by atoms with van der Waals surface area (Å²) in [5, 5.41) is 0. The number of carbonyl (C=O) groups is 1. The molecule has 21 heavy (non-hydrogen) atoms. The molecule has 0 unspecified atom stereocenters. The van der Waals surface area contributed by atoms with Crippen LogP contribution in [0.1, 0.15) is 18.5 Å². The summed E-state index contributed by atoms with van der Waals surface area (Å²) in [7, 11) is 1.55. The van der Waals surface area contributed by atoms with Crippen molar-refractivity contribution >= 4 is 5.78 Å². The summed E-state index contributed by atoms with van der Waals surface area (Å²) in [5.74, 6) is 2.24. The molecule has 106 valence electrons. The maximum atomic E-state index is 12.7. The van der Waals surface area contributed by atoms with Crippen molar-refractivity contribution in [1.82, 2.24) is 13.9 Å². The fourth-order valence-corrected chi connectivity index (χ4v) is 7.73. The van der Waals surface area contributed by atoms with Crippen molar-refractivity contribution in [2.75, 3.05) is 0 Å². The van der Waals surface area contributed by atoms with Gasteiger partial charge in [0.1, 0.15) is 0 Å². The fourth-order valence-electron chi connectivity index (χ4n) is 7.73. The summed E-state index contributed by atoms with van der Waals surface area (Å²) >= 11 is 0. The number of allylic oxidation sites excluding steroid dienone is 2. The molecule has 2 bridgehead atoms. The first-order valence-corrected chi connectivity index (χ1v) is 7.71. The average Bonchev–Trinajstić information content (AvgIpc) is 3.25. The van der Waals surface area contributed by atoms with E-state index >= 15 is 0 Å². The molecule has 0 saturated heterocycles. The third kappa shape index (κ3) is 0.557. The van der Waals surface area contributed by atoms with Gasteiger partial charge in [-0.2, -0.15) is 0 Å². The Morgan fingerprint density at radius 1 is 1.05 bits per heavy atom. The number of aromatic nitrogens is 3. The van der Waals surface area contributed by atoms with E-state index in [1.165, 1.54) is 4.57 Å². The van der Waals surface area contributed by atoms with Gasteiger partial charge in [0.25, 0.3) is 0 Å². The third-order valence-electron chi connectivity index (χ3n) is 7.89. The number of nitrogens with zero attached hydrogens (tertiary/aromatic N) is 3. The second-order valence-corrected chi connectivity index (χ2v) is 7.79. The summed E-state index contributed by atoms with van der Waals surface area (Å²) in [4.78, 5) is 37.8. The van der Waals surface area contributed by atoms with Crippen LogP contribution in [0.15, 0.2) is 21.7 Å². The van der Waals surface area contributed by atoms with Crippen molar-refractivity contribution in [1.29, 1.82) is 0 Å². The van der Waals surface area contributed by atoms with Gasteiger partial charge < -0.3 is 0 Å². The Morgan fingerprint density at radius 3 is 2.48 bits per heavy atom. The predicted octanol–water partition coefficient (Wildman–Crippen LogP) is -0.535. The minimum Gasteiger partial charge on any atom is -0.294 e. The quantitative estimate of drug-likeness (QED) is 0.642. The van der Waals surface area contributed by atoms with E-state index in [2.05, 4.69) is 0 Å². The lowest BCUT2D eigenvalue weighted by Gasteiger charge is -2.48. The number of rotatable bonds is 0. The SMILES string of the molecule is Cn1c(=O)n2n(c1=O)[C@H]1[C@@H]3[C@@H]4[C@@H]3[C@@H]3[C@]5(CC=CC(=O)[C@]135)[C@H]42. The maximum Gasteiger partial charge on any atom is 0.347 e. The van der Waals surface area contributed by atoms with Crippen LogP contribution in [0, 0.1) is 34.5 Å². The van der Waals surface area contributed by atoms with E-state index < -0.39 is 0 Å². The number of ketones is 1. The highest BCUT2D eigenvalue weighted by atomic mass is 16.2. The monoisotopic (exact) mass is 283 g/mol. The van der Waals surface area contributed by atoms with E-state index in [0.29, 0.717) is 23.7 Å². The van der Waals surface area contributed by atoms with Crippen molar-refractivity contribution in [2.24, 2.45) is 41.5 Å². The maximum absolute atomic E-state index is 12.7. The minimum absolute atomic E-state index is 0.0365. The molecule has 1 aromatic rings. The summed E-state index contributed by atoms with van der Waals surface area (Å²) in [6, 6.07) is 0.0270. The number of carbonyl (C=O) groups excluding carboxylic acids is 1. The molecule has 2 spiro atoms. The molecule has 8 rings (SSSR count). The Balaban J connectivity index is 1.70. The Hall–Kier alpha value is -1.85. The molecule has 6 heteroatoms. The molecule has 0 aromatic carbocycles. The first-order chi connectivity index (χ1) is 10.1. The smallest absolute Gasteiger partial charge is 0.294 e. The molecule has 0 amide bonds. The Labute approximate surface area is 118 Å². The third-order valence-corrected chi connectivity index (χ3v) is 7.89. The molecular formula is C15H13N3O3. The molecule has 0 radical (unpaired) electrons. The zero-order chi connectivity index (χ0) is 14.0. The van der Waals surface area contributed by atoms with Gasteiger partial charge in [-0.15, -0.1) is 0 Å². The summed E-state index contributed by atoms with van der Waals surface area (Å²) in [5.41, 5.74) is -0.812. The second kappa shape index (κ2) is 2.21. The number of hydrogen-bond acceptors (Lipinski definition) is 3. The molecule has 6 nitrogen and oxygen atoms in total. The largest absolute Gasteiger partial charge is 0.347 e. The lowest BCUT2D eigenvalue weighted by atomic mass is 9.66. The highest BCUT2D eigenvalue weighted by Gasteiger charge is 3.04. The van der Waals surface area contributed by atoms with Gasteiger partial charge in [-0.3, -0.25) is 4.79 Å². The van der Waals surface area contributed by atoms with Crippen LogP contribution in [0.2, 0.25) is 0 Å². The zero-order valence-corrected chi connectivity index (χ0v) is 11.4. The van der Waals surface area contributed by atoms with E-state index in [0.717, 1.165) is 6.42 Å². The predicted molar refractivity (Wildman–Crippen MR) is 69.6 cm³/mol. The van der Waals surface area contributed by atoms with Crippen molar-refractivity contribution in [3.8, 4) is 0 Å². The molecule has 5 aliphatic carbocycles. The van der Waals surface area contributed by atoms with Crippen LogP contribution < -0.4 is 11.4 Å². The van der Waals surface area contributed by atoms with Crippen LogP contribution in [0.5, 0.6) is 0 Å². The van der Waals surface area contributed by atoms with Gasteiger partial charge >= 0.3 is 11.4 Å². The standard InChI is InChI=1S/C15H13N3O3/c1-16-12(20)17-10-7-6-8(7)11(18(17)13(16)21)15-5(19)3-2-4-14(10,15)9(6)15/h2-3,6-11H,4H2,1H3/t6-,7-,8-,9+,10-,11-,14+,15+/m0/s1. The molecule has 0 N–H and O–H groups in total. The Kier molecular flexibility index (Phi) is 1.05. The molecule has 7 aliphatic rings. The van der Waals surface area contributed by atoms with Crippen LogP contribution >= 0.6 is 0 Å². The first kappa shape index (κ1) is 9.97. The van der Waals surface area contributed by atoms with E-state index in [9.17, 15) is 14.4 Å². The van der Waals surface area contributed by atoms with Crippen LogP contribution in [-0.4, -0.2) is 19.7 Å². The first-order valence-electron chi connectivity index (χ1n) is 7.71. The van der Waals surface area contributed by atoms with E-state index in [-0.39, 0.29) is 40.1 Å². The van der Waals surface area contributed by atoms with Gasteiger partial charge in [0.05, 0.1) is 17.5 Å². The Bertz CT molecular complexity index is 964. The van der Waals surface area contributed by atoms with E-state index in [1.807, 2.05) is 6.08 Å². The second-order valence-electron chi connectivity index (χ2n) is 7.79. The van der Waals surface area contributed by atoms with Gasteiger partial charge in [0.15, 0.2) is 5.78 Å². The summed E-state index contributed by atoms with van der Waals surface area (Å²) in [6.07, 6.45) is 4.63. The van der Waals surface area contributed by atoms with Crippen molar-refractivity contribution < 1.29 is 4.79 Å². The minimum atomic E-state index is -0.339. The Morgan fingerprint density at radius 2 is 1.71 bits per heavy atom. The molecule has 8 atom stereocenters. The summed E-state index contributed by atoms with van der Waals surface area (Å²) < 4.78 is 4.60. The average molecular weight is 283 g/mol. The van der Waals surface area contributed by atoms with Crippen molar-refractivity contribution in [3.63, 3.8) is 0 Å². The topological polar surface area (TPSA) is 66.0 Å². The zero-order valence-electron chi connectivity index (χ0n) is 11.4. The van der Waals surface area contributed by atoms with Gasteiger partial charge in [-0.25, -0.2) is 23.5 Å². The molecular weight excluding hydrogens is 270 g/mol. The van der Waals surface area contributed by atoms with Gasteiger partial charge in [0, 0.05) is 12.5 Å². The van der Waals surface area contributed by atoms with Crippen LogP contribution in [0.25, 0.3) is 0 Å². The van der Waals surface area contributed by atoms with Gasteiger partial charge in [0.2, 0.25) is 0 Å². The highest BCUT2D eigenvalue weighted by Crippen LogP contribution is 3.03. The number of hydrogen-bond donors (Lipinski definition) is 0. The lowest BCUT2D eigenvalue weighted by molar-refractivity contribution is -0.129. The van der Waals surface area contributed by atoms with E-state index in [1.54, 1.807) is 22.5 Å². The normalized spacial score (nSPS) is 58.2. The molecule has 3 heterocycles. The molecule has 4 saturated carbocycles. The van der Waals surface area contributed by atoms with Crippen LogP contribution in [0.4, 0.5) is 0 Å². The van der Waals surface area contributed by atoms with Gasteiger partial charge in [-0.05, 0) is 36.2 Å². The van der Waals surface area contributed by atoms with Gasteiger partial charge in [-0.1, -0.05) is 6.08 Å².